The number of hydrogen-bond donors (Lipinski definition) is 0. The highest BCUT2D eigenvalue weighted by Gasteiger charge is 2.06. The van der Waals surface area contributed by atoms with Crippen LogP contribution in [0.5, 0.6) is 0 Å². The Hall–Kier alpha value is -1.57. The third-order valence-electron chi connectivity index (χ3n) is 2.22. The average molecular weight is 188 g/mol. The highest BCUT2D eigenvalue weighted by molar-refractivity contribution is 5.76. The molecule has 2 aromatic rings. The molecule has 1 aromatic heterocycles. The largest absolute Gasteiger partial charge is 0.461 e. The molecule has 0 atom stereocenters. The van der Waals surface area contributed by atoms with Crippen molar-refractivity contribution in [1.82, 2.24) is 0 Å². The van der Waals surface area contributed by atoms with E-state index in [1.807, 2.05) is 32.0 Å². The standard InChI is InChI=1S/C12H12O2/c1-8(2)12-7-10(13)9-5-3-4-6-11(9)14-12/h3-8H,1-2H3. The average Bonchev–Trinajstić information content (AvgIpc) is 2.17. The molecule has 0 bridgehead atoms. The maximum absolute atomic E-state index is 11.6. The summed E-state index contributed by atoms with van der Waals surface area (Å²) in [6, 6.07) is 8.89. The van der Waals surface area contributed by atoms with Gasteiger partial charge in [0.15, 0.2) is 5.43 Å². The fourth-order valence-electron chi connectivity index (χ4n) is 1.41. The van der Waals surface area contributed by atoms with Crippen molar-refractivity contribution >= 4 is 11.0 Å². The van der Waals surface area contributed by atoms with E-state index in [0.29, 0.717) is 11.0 Å². The fourth-order valence-corrected chi connectivity index (χ4v) is 1.41. The molecule has 0 fully saturated rings. The Bertz CT molecular complexity index is 509. The Kier molecular flexibility index (Phi) is 2.12. The van der Waals surface area contributed by atoms with Crippen LogP contribution in [0.2, 0.25) is 0 Å². The van der Waals surface area contributed by atoms with Crippen molar-refractivity contribution < 1.29 is 4.42 Å². The number of rotatable bonds is 1. The first kappa shape index (κ1) is 9.00. The molecule has 1 aromatic carbocycles. The minimum absolute atomic E-state index is 0.0375. The molecule has 14 heavy (non-hydrogen) atoms. The van der Waals surface area contributed by atoms with Gasteiger partial charge in [-0.25, -0.2) is 0 Å². The smallest absolute Gasteiger partial charge is 0.192 e. The predicted octanol–water partition coefficient (Wildman–Crippen LogP) is 2.92. The lowest BCUT2D eigenvalue weighted by atomic mass is 10.1. The van der Waals surface area contributed by atoms with E-state index in [0.717, 1.165) is 5.76 Å². The lowest BCUT2D eigenvalue weighted by Crippen LogP contribution is -2.02. The van der Waals surface area contributed by atoms with Crippen LogP contribution in [0, 0.1) is 0 Å². The van der Waals surface area contributed by atoms with Gasteiger partial charge in [0, 0.05) is 12.0 Å². The minimum atomic E-state index is 0.0375. The van der Waals surface area contributed by atoms with E-state index < -0.39 is 0 Å². The zero-order chi connectivity index (χ0) is 10.1. The van der Waals surface area contributed by atoms with E-state index in [2.05, 4.69) is 0 Å². The van der Waals surface area contributed by atoms with Crippen molar-refractivity contribution in [3.8, 4) is 0 Å². The predicted molar refractivity (Wildman–Crippen MR) is 56.6 cm³/mol. The van der Waals surface area contributed by atoms with Gasteiger partial charge in [-0.15, -0.1) is 0 Å². The summed E-state index contributed by atoms with van der Waals surface area (Å²) < 4.78 is 5.60. The molecule has 2 rings (SSSR count). The van der Waals surface area contributed by atoms with Crippen LogP contribution in [0.3, 0.4) is 0 Å². The van der Waals surface area contributed by atoms with Crippen LogP contribution in [-0.4, -0.2) is 0 Å². The molecule has 2 heteroatoms. The van der Waals surface area contributed by atoms with E-state index in [1.165, 1.54) is 0 Å². The lowest BCUT2D eigenvalue weighted by molar-refractivity contribution is 0.509. The molecule has 0 amide bonds. The quantitative estimate of drug-likeness (QED) is 0.688. The molecule has 72 valence electrons. The van der Waals surface area contributed by atoms with E-state index in [4.69, 9.17) is 4.42 Å². The van der Waals surface area contributed by atoms with Gasteiger partial charge in [-0.2, -0.15) is 0 Å². The molecular weight excluding hydrogens is 176 g/mol. The van der Waals surface area contributed by atoms with Gasteiger partial charge >= 0.3 is 0 Å². The summed E-state index contributed by atoms with van der Waals surface area (Å²) in [6.45, 7) is 4.01. The molecule has 0 aliphatic heterocycles. The second kappa shape index (κ2) is 3.29. The highest BCUT2D eigenvalue weighted by atomic mass is 16.3. The Morgan fingerprint density at radius 3 is 2.64 bits per heavy atom. The zero-order valence-corrected chi connectivity index (χ0v) is 8.28. The second-order valence-corrected chi connectivity index (χ2v) is 3.66. The van der Waals surface area contributed by atoms with Crippen LogP contribution < -0.4 is 5.43 Å². The normalized spacial score (nSPS) is 11.1. The Labute approximate surface area is 82.2 Å². The van der Waals surface area contributed by atoms with Gasteiger partial charge in [0.2, 0.25) is 0 Å². The van der Waals surface area contributed by atoms with Gasteiger partial charge < -0.3 is 4.42 Å². The summed E-state index contributed by atoms with van der Waals surface area (Å²) in [6.07, 6.45) is 0. The van der Waals surface area contributed by atoms with E-state index in [1.54, 1.807) is 12.1 Å². The summed E-state index contributed by atoms with van der Waals surface area (Å²) in [5.41, 5.74) is 0.708. The van der Waals surface area contributed by atoms with E-state index >= 15 is 0 Å². The summed E-state index contributed by atoms with van der Waals surface area (Å²) in [5, 5.41) is 0.650. The monoisotopic (exact) mass is 188 g/mol. The van der Waals surface area contributed by atoms with Gasteiger partial charge in [-0.05, 0) is 12.1 Å². The first-order chi connectivity index (χ1) is 6.68. The van der Waals surface area contributed by atoms with Crippen molar-refractivity contribution in [1.29, 1.82) is 0 Å². The highest BCUT2D eigenvalue weighted by Crippen LogP contribution is 2.17. The van der Waals surface area contributed by atoms with Gasteiger partial charge in [-0.3, -0.25) is 4.79 Å². The van der Waals surface area contributed by atoms with Crippen LogP contribution in [0.1, 0.15) is 25.5 Å². The van der Waals surface area contributed by atoms with Crippen molar-refractivity contribution in [2.45, 2.75) is 19.8 Å². The van der Waals surface area contributed by atoms with Crippen LogP contribution in [0.4, 0.5) is 0 Å². The van der Waals surface area contributed by atoms with Gasteiger partial charge in [-0.1, -0.05) is 26.0 Å². The van der Waals surface area contributed by atoms with Crippen molar-refractivity contribution in [3.63, 3.8) is 0 Å². The maximum atomic E-state index is 11.6. The second-order valence-electron chi connectivity index (χ2n) is 3.66. The molecular formula is C12H12O2. The summed E-state index contributed by atoms with van der Waals surface area (Å²) in [7, 11) is 0. The van der Waals surface area contributed by atoms with Crippen molar-refractivity contribution in [2.24, 2.45) is 0 Å². The van der Waals surface area contributed by atoms with Crippen LogP contribution in [0.15, 0.2) is 39.5 Å². The molecule has 0 saturated heterocycles. The van der Waals surface area contributed by atoms with Gasteiger partial charge in [0.05, 0.1) is 5.39 Å². The third kappa shape index (κ3) is 1.43. The molecule has 0 N–H and O–H groups in total. The molecule has 0 aliphatic rings. The van der Waals surface area contributed by atoms with E-state index in [9.17, 15) is 4.79 Å². The molecule has 0 radical (unpaired) electrons. The molecule has 1 heterocycles. The third-order valence-corrected chi connectivity index (χ3v) is 2.22. The minimum Gasteiger partial charge on any atom is -0.461 e. The molecule has 0 saturated carbocycles. The van der Waals surface area contributed by atoms with Gasteiger partial charge in [0.1, 0.15) is 11.3 Å². The molecule has 0 spiro atoms. The summed E-state index contributed by atoms with van der Waals surface area (Å²) >= 11 is 0. The number of fused-ring (bicyclic) bond motifs is 1. The van der Waals surface area contributed by atoms with Crippen molar-refractivity contribution in [3.05, 3.63) is 46.3 Å². The first-order valence-electron chi connectivity index (χ1n) is 4.71. The maximum Gasteiger partial charge on any atom is 0.192 e. The summed E-state index contributed by atoms with van der Waals surface area (Å²) in [5.74, 6) is 0.987. The Balaban J connectivity index is 2.79. The van der Waals surface area contributed by atoms with Crippen molar-refractivity contribution in [2.75, 3.05) is 0 Å². The van der Waals surface area contributed by atoms with Crippen LogP contribution >= 0.6 is 0 Å². The topological polar surface area (TPSA) is 30.2 Å². The Morgan fingerprint density at radius 1 is 1.21 bits per heavy atom. The SMILES string of the molecule is CC(C)c1cc(=O)c2ccccc2o1. The molecule has 0 aliphatic carbocycles. The van der Waals surface area contributed by atoms with E-state index in [-0.39, 0.29) is 11.3 Å². The molecule has 0 unspecified atom stereocenters. The number of para-hydroxylation sites is 1. The fraction of sp³-hybridized carbons (Fsp3) is 0.250. The van der Waals surface area contributed by atoms with Gasteiger partial charge in [0.25, 0.3) is 0 Å². The summed E-state index contributed by atoms with van der Waals surface area (Å²) in [4.78, 5) is 11.6. The number of benzene rings is 1. The number of hydrogen-bond acceptors (Lipinski definition) is 2. The lowest BCUT2D eigenvalue weighted by Gasteiger charge is -2.04. The van der Waals surface area contributed by atoms with Crippen LogP contribution in [-0.2, 0) is 0 Å². The zero-order valence-electron chi connectivity index (χ0n) is 8.28. The first-order valence-corrected chi connectivity index (χ1v) is 4.71. The Morgan fingerprint density at radius 2 is 1.93 bits per heavy atom. The molecule has 2 nitrogen and oxygen atoms in total. The van der Waals surface area contributed by atoms with Crippen LogP contribution in [0.25, 0.3) is 11.0 Å².